The Bertz CT molecular complexity index is 579. The molecule has 0 amide bonds. The maximum absolute atomic E-state index is 13.1. The van der Waals surface area contributed by atoms with Crippen molar-refractivity contribution in [3.63, 3.8) is 0 Å². The van der Waals surface area contributed by atoms with E-state index in [0.29, 0.717) is 10.9 Å². The minimum Gasteiger partial charge on any atom is -0.491 e. The average Bonchev–Trinajstić information content (AvgIpc) is 2.23. The predicted octanol–water partition coefficient (Wildman–Crippen LogP) is 2.33. The molecule has 0 aliphatic rings. The third kappa shape index (κ3) is 1.57. The highest BCUT2D eigenvalue weighted by Gasteiger charge is 2.08. The van der Waals surface area contributed by atoms with E-state index in [0.717, 1.165) is 0 Å². The number of aromatic amines is 1. The number of aromatic nitrogens is 1. The molecule has 5 heteroatoms. The van der Waals surface area contributed by atoms with E-state index in [1.165, 1.54) is 25.3 Å². The molecule has 0 saturated carbocycles. The van der Waals surface area contributed by atoms with Crippen LogP contribution in [0.25, 0.3) is 10.9 Å². The molecule has 78 valence electrons. The molecular formula is C10H7ClFNO2. The van der Waals surface area contributed by atoms with Gasteiger partial charge in [-0.1, -0.05) is 11.6 Å². The van der Waals surface area contributed by atoms with Gasteiger partial charge in [-0.2, -0.15) is 0 Å². The van der Waals surface area contributed by atoms with Gasteiger partial charge in [0.25, 0.3) is 5.56 Å². The summed E-state index contributed by atoms with van der Waals surface area (Å²) >= 11 is 5.75. The third-order valence-corrected chi connectivity index (χ3v) is 2.48. The van der Waals surface area contributed by atoms with Crippen LogP contribution in [0.15, 0.2) is 23.0 Å². The summed E-state index contributed by atoms with van der Waals surface area (Å²) in [4.78, 5) is 13.9. The summed E-state index contributed by atoms with van der Waals surface area (Å²) in [5.74, 6) is -0.423. The van der Waals surface area contributed by atoms with Crippen LogP contribution >= 0.6 is 11.6 Å². The summed E-state index contributed by atoms with van der Waals surface area (Å²) < 4.78 is 17.9. The smallest absolute Gasteiger partial charge is 0.290 e. The number of rotatable bonds is 1. The van der Waals surface area contributed by atoms with Crippen molar-refractivity contribution in [2.24, 2.45) is 0 Å². The van der Waals surface area contributed by atoms with Gasteiger partial charge in [0.2, 0.25) is 0 Å². The summed E-state index contributed by atoms with van der Waals surface area (Å²) in [6.07, 6.45) is 0. The number of nitrogens with one attached hydrogen (secondary N) is 1. The van der Waals surface area contributed by atoms with Crippen LogP contribution in [0.1, 0.15) is 0 Å². The number of methoxy groups -OCH3 is 1. The van der Waals surface area contributed by atoms with Gasteiger partial charge in [-0.3, -0.25) is 4.79 Å². The first-order valence-corrected chi connectivity index (χ1v) is 4.56. The first-order valence-electron chi connectivity index (χ1n) is 4.18. The van der Waals surface area contributed by atoms with Gasteiger partial charge in [0, 0.05) is 5.39 Å². The van der Waals surface area contributed by atoms with Gasteiger partial charge in [-0.25, -0.2) is 4.39 Å². The van der Waals surface area contributed by atoms with E-state index in [9.17, 15) is 9.18 Å². The molecule has 1 N–H and O–H groups in total. The molecule has 1 heterocycles. The second-order valence-corrected chi connectivity index (χ2v) is 3.37. The van der Waals surface area contributed by atoms with Crippen molar-refractivity contribution in [3.05, 3.63) is 39.4 Å². The molecule has 0 unspecified atom stereocenters. The van der Waals surface area contributed by atoms with Gasteiger partial charge in [0.05, 0.1) is 17.6 Å². The van der Waals surface area contributed by atoms with E-state index in [4.69, 9.17) is 16.3 Å². The maximum Gasteiger partial charge on any atom is 0.290 e. The Hall–Kier alpha value is -1.55. The molecule has 3 nitrogen and oxygen atoms in total. The maximum atomic E-state index is 13.1. The first kappa shape index (κ1) is 9.98. The molecule has 0 fully saturated rings. The molecule has 2 aromatic rings. The number of pyridine rings is 1. The number of halogens is 2. The Labute approximate surface area is 89.4 Å². The number of H-pyrrole nitrogens is 1. The zero-order valence-electron chi connectivity index (χ0n) is 7.80. The number of benzene rings is 1. The van der Waals surface area contributed by atoms with Crippen LogP contribution in [0.2, 0.25) is 5.02 Å². The van der Waals surface area contributed by atoms with Crippen molar-refractivity contribution in [1.82, 2.24) is 4.98 Å². The summed E-state index contributed by atoms with van der Waals surface area (Å²) in [6, 6.07) is 4.07. The summed E-state index contributed by atoms with van der Waals surface area (Å²) in [6.45, 7) is 0. The first-order chi connectivity index (χ1) is 7.13. The Morgan fingerprint density at radius 3 is 2.87 bits per heavy atom. The highest BCUT2D eigenvalue weighted by atomic mass is 35.5. The number of ether oxygens (including phenoxy) is 1. The lowest BCUT2D eigenvalue weighted by molar-refractivity contribution is 0.409. The van der Waals surface area contributed by atoms with Crippen LogP contribution in [-0.2, 0) is 0 Å². The zero-order valence-corrected chi connectivity index (χ0v) is 8.56. The van der Waals surface area contributed by atoms with Gasteiger partial charge in [0.15, 0.2) is 5.75 Å². The second-order valence-electron chi connectivity index (χ2n) is 2.99. The van der Waals surface area contributed by atoms with Crippen molar-refractivity contribution in [2.45, 2.75) is 0 Å². The summed E-state index contributed by atoms with van der Waals surface area (Å²) in [5.41, 5.74) is 0.111. The summed E-state index contributed by atoms with van der Waals surface area (Å²) in [5, 5.41) is 0.398. The quantitative estimate of drug-likeness (QED) is 0.813. The number of hydrogen-bond donors (Lipinski definition) is 1. The number of hydrogen-bond acceptors (Lipinski definition) is 2. The van der Waals surface area contributed by atoms with E-state index in [1.54, 1.807) is 0 Å². The van der Waals surface area contributed by atoms with Crippen LogP contribution in [-0.4, -0.2) is 12.1 Å². The fourth-order valence-electron chi connectivity index (χ4n) is 1.35. The molecule has 0 bridgehead atoms. The van der Waals surface area contributed by atoms with E-state index in [1.807, 2.05) is 0 Å². The zero-order chi connectivity index (χ0) is 11.0. The van der Waals surface area contributed by atoms with Crippen molar-refractivity contribution in [1.29, 1.82) is 0 Å². The molecule has 0 aliphatic heterocycles. The molecular weight excluding hydrogens is 221 g/mol. The van der Waals surface area contributed by atoms with Gasteiger partial charge < -0.3 is 9.72 Å². The predicted molar refractivity (Wildman–Crippen MR) is 56.1 cm³/mol. The highest BCUT2D eigenvalue weighted by molar-refractivity contribution is 6.35. The van der Waals surface area contributed by atoms with Crippen molar-refractivity contribution < 1.29 is 9.13 Å². The Balaban J connectivity index is 2.89. The molecule has 0 atom stereocenters. The fraction of sp³-hybridized carbons (Fsp3) is 0.100. The lowest BCUT2D eigenvalue weighted by atomic mass is 10.2. The number of fused-ring (bicyclic) bond motifs is 1. The van der Waals surface area contributed by atoms with Crippen molar-refractivity contribution in [2.75, 3.05) is 7.11 Å². The van der Waals surface area contributed by atoms with Gasteiger partial charge in [-0.15, -0.1) is 0 Å². The third-order valence-electron chi connectivity index (χ3n) is 2.10. The van der Waals surface area contributed by atoms with Crippen LogP contribution in [0.4, 0.5) is 4.39 Å². The van der Waals surface area contributed by atoms with Crippen LogP contribution in [0.5, 0.6) is 5.75 Å². The molecule has 1 aromatic carbocycles. The van der Waals surface area contributed by atoms with Crippen LogP contribution in [0.3, 0.4) is 0 Å². The van der Waals surface area contributed by atoms with Gasteiger partial charge in [0.1, 0.15) is 5.82 Å². The van der Waals surface area contributed by atoms with E-state index in [2.05, 4.69) is 4.98 Å². The summed E-state index contributed by atoms with van der Waals surface area (Å²) in [7, 11) is 1.36. The SMILES string of the molecule is COc1cc2c(Cl)c(F)ccc2[nH]c1=O. The van der Waals surface area contributed by atoms with Gasteiger partial charge >= 0.3 is 0 Å². The Morgan fingerprint density at radius 1 is 1.47 bits per heavy atom. The lowest BCUT2D eigenvalue weighted by Crippen LogP contribution is -2.08. The molecule has 0 saturated heterocycles. The Kier molecular flexibility index (Phi) is 2.36. The molecule has 2 rings (SSSR count). The van der Waals surface area contributed by atoms with Gasteiger partial charge in [-0.05, 0) is 18.2 Å². The molecule has 0 aliphatic carbocycles. The minimum atomic E-state index is -0.529. The normalized spacial score (nSPS) is 10.6. The standard InChI is InChI=1S/C10H7ClFNO2/c1-15-8-4-5-7(13-10(8)14)3-2-6(12)9(5)11/h2-4H,1H3,(H,13,14). The van der Waals surface area contributed by atoms with E-state index >= 15 is 0 Å². The topological polar surface area (TPSA) is 42.1 Å². The van der Waals surface area contributed by atoms with E-state index < -0.39 is 5.82 Å². The fourth-order valence-corrected chi connectivity index (χ4v) is 1.57. The van der Waals surface area contributed by atoms with Crippen molar-refractivity contribution in [3.8, 4) is 5.75 Å². The van der Waals surface area contributed by atoms with E-state index in [-0.39, 0.29) is 16.3 Å². The molecule has 15 heavy (non-hydrogen) atoms. The monoisotopic (exact) mass is 227 g/mol. The lowest BCUT2D eigenvalue weighted by Gasteiger charge is -2.04. The second kappa shape index (κ2) is 3.55. The van der Waals surface area contributed by atoms with Crippen LogP contribution < -0.4 is 10.3 Å². The van der Waals surface area contributed by atoms with Crippen LogP contribution in [0, 0.1) is 5.82 Å². The average molecular weight is 228 g/mol. The molecule has 1 aromatic heterocycles. The Morgan fingerprint density at radius 2 is 2.20 bits per heavy atom. The highest BCUT2D eigenvalue weighted by Crippen LogP contribution is 2.26. The molecule has 0 spiro atoms. The molecule has 0 radical (unpaired) electrons. The largest absolute Gasteiger partial charge is 0.491 e. The van der Waals surface area contributed by atoms with Crippen molar-refractivity contribution >= 4 is 22.5 Å². The minimum absolute atomic E-state index is 0.0259.